The highest BCUT2D eigenvalue weighted by Gasteiger charge is 2.14. The molecule has 5 nitrogen and oxygen atoms in total. The van der Waals surface area contributed by atoms with E-state index in [1.165, 1.54) is 23.9 Å². The number of benzene rings is 1. The van der Waals surface area contributed by atoms with E-state index in [2.05, 4.69) is 9.97 Å². The maximum atomic E-state index is 13.6. The molecule has 2 rings (SSSR count). The van der Waals surface area contributed by atoms with Crippen molar-refractivity contribution in [3.8, 4) is 0 Å². The van der Waals surface area contributed by atoms with E-state index < -0.39 is 6.10 Å². The largest absolute Gasteiger partial charge is 0.389 e. The molecule has 1 atom stereocenters. The quantitative estimate of drug-likeness (QED) is 0.751. The summed E-state index contributed by atoms with van der Waals surface area (Å²) in [6, 6.07) is 4.42. The lowest BCUT2D eigenvalue weighted by molar-refractivity contribution is 0.196. The van der Waals surface area contributed by atoms with Crippen LogP contribution in [-0.2, 0) is 0 Å². The van der Waals surface area contributed by atoms with Gasteiger partial charge in [-0.05, 0) is 48.9 Å². The lowest BCUT2D eigenvalue weighted by Crippen LogP contribution is -2.01. The fourth-order valence-electron chi connectivity index (χ4n) is 1.69. The summed E-state index contributed by atoms with van der Waals surface area (Å²) in [5.74, 6) is 0.160. The van der Waals surface area contributed by atoms with E-state index in [-0.39, 0.29) is 17.5 Å². The number of nitrogens with two attached hydrogens (primary N) is 2. The Bertz CT molecular complexity index is 628. The Hall–Kier alpha value is -1.86. The molecule has 0 saturated carbocycles. The molecule has 0 aliphatic heterocycles. The van der Waals surface area contributed by atoms with Crippen LogP contribution in [0.5, 0.6) is 0 Å². The maximum absolute atomic E-state index is 13.6. The molecule has 1 heterocycles. The van der Waals surface area contributed by atoms with Gasteiger partial charge in [0, 0.05) is 11.0 Å². The van der Waals surface area contributed by atoms with Gasteiger partial charge in [-0.1, -0.05) is 0 Å². The summed E-state index contributed by atoms with van der Waals surface area (Å²) in [6.07, 6.45) is -0.800. The Labute approximate surface area is 120 Å². The second kappa shape index (κ2) is 5.64. The van der Waals surface area contributed by atoms with Gasteiger partial charge in [0.2, 0.25) is 0 Å². The number of nitrogens with zero attached hydrogens (tertiary/aromatic N) is 2. The van der Waals surface area contributed by atoms with Crippen LogP contribution < -0.4 is 11.5 Å². The van der Waals surface area contributed by atoms with Crippen molar-refractivity contribution in [2.45, 2.75) is 30.0 Å². The number of aliphatic hydroxyl groups is 1. The smallest absolute Gasteiger partial charge is 0.196 e. The second-order valence-electron chi connectivity index (χ2n) is 4.42. The summed E-state index contributed by atoms with van der Waals surface area (Å²) in [7, 11) is 0. The van der Waals surface area contributed by atoms with E-state index in [4.69, 9.17) is 11.5 Å². The van der Waals surface area contributed by atoms with E-state index >= 15 is 0 Å². The van der Waals surface area contributed by atoms with E-state index in [0.29, 0.717) is 21.2 Å². The Morgan fingerprint density at radius 2 is 1.80 bits per heavy atom. The molecule has 0 radical (unpaired) electrons. The van der Waals surface area contributed by atoms with E-state index in [9.17, 15) is 9.50 Å². The number of halogens is 1. The van der Waals surface area contributed by atoms with Gasteiger partial charge in [-0.15, -0.1) is 0 Å². The Balaban J connectivity index is 2.44. The highest BCUT2D eigenvalue weighted by molar-refractivity contribution is 7.99. The predicted molar refractivity (Wildman–Crippen MR) is 76.8 cm³/mol. The van der Waals surface area contributed by atoms with Gasteiger partial charge in [-0.3, -0.25) is 0 Å². The first-order valence-electron chi connectivity index (χ1n) is 5.93. The highest BCUT2D eigenvalue weighted by atomic mass is 32.2. The van der Waals surface area contributed by atoms with Gasteiger partial charge in [0.25, 0.3) is 0 Å². The zero-order valence-electron chi connectivity index (χ0n) is 11.1. The minimum atomic E-state index is -0.800. The molecular weight excluding hydrogens is 279 g/mol. The third-order valence-corrected chi connectivity index (χ3v) is 3.63. The summed E-state index contributed by atoms with van der Waals surface area (Å²) in [4.78, 5) is 8.78. The third kappa shape index (κ3) is 3.17. The Kier molecular flexibility index (Phi) is 4.10. The topological polar surface area (TPSA) is 98.0 Å². The molecule has 0 bridgehead atoms. The van der Waals surface area contributed by atoms with Crippen LogP contribution in [0.25, 0.3) is 0 Å². The molecule has 7 heteroatoms. The average molecular weight is 294 g/mol. The third-order valence-electron chi connectivity index (χ3n) is 2.69. The number of aryl methyl sites for hydroxylation is 1. The monoisotopic (exact) mass is 294 g/mol. The van der Waals surface area contributed by atoms with Crippen LogP contribution in [0.3, 0.4) is 0 Å². The van der Waals surface area contributed by atoms with Crippen molar-refractivity contribution in [2.24, 2.45) is 0 Å². The molecule has 1 aromatic carbocycles. The number of nitrogen functional groups attached to an aromatic ring is 2. The summed E-state index contributed by atoms with van der Waals surface area (Å²) in [5, 5.41) is 10.1. The van der Waals surface area contributed by atoms with Crippen LogP contribution >= 0.6 is 11.8 Å². The molecule has 20 heavy (non-hydrogen) atoms. The fraction of sp³-hybridized carbons (Fsp3) is 0.231. The maximum Gasteiger partial charge on any atom is 0.196 e. The molecule has 0 spiro atoms. The molecule has 106 valence electrons. The Morgan fingerprint density at radius 1 is 1.20 bits per heavy atom. The van der Waals surface area contributed by atoms with Crippen LogP contribution in [0.15, 0.2) is 28.3 Å². The molecule has 0 saturated heterocycles. The van der Waals surface area contributed by atoms with Gasteiger partial charge < -0.3 is 16.6 Å². The van der Waals surface area contributed by atoms with Gasteiger partial charge >= 0.3 is 0 Å². The van der Waals surface area contributed by atoms with Gasteiger partial charge in [-0.25, -0.2) is 14.4 Å². The van der Waals surface area contributed by atoms with Crippen molar-refractivity contribution in [1.29, 1.82) is 0 Å². The first kappa shape index (κ1) is 14.5. The minimum absolute atomic E-state index is 0.262. The molecule has 5 N–H and O–H groups in total. The van der Waals surface area contributed by atoms with Crippen molar-refractivity contribution in [2.75, 3.05) is 11.5 Å². The van der Waals surface area contributed by atoms with Crippen molar-refractivity contribution in [3.63, 3.8) is 0 Å². The molecule has 0 fully saturated rings. The molecule has 0 amide bonds. The molecule has 0 aliphatic carbocycles. The number of hydrogen-bond donors (Lipinski definition) is 3. The van der Waals surface area contributed by atoms with E-state index in [0.717, 1.165) is 0 Å². The van der Waals surface area contributed by atoms with Crippen molar-refractivity contribution < 1.29 is 9.50 Å². The highest BCUT2D eigenvalue weighted by Crippen LogP contribution is 2.33. The van der Waals surface area contributed by atoms with Gasteiger partial charge in [0.15, 0.2) is 5.16 Å². The number of aliphatic hydroxyl groups excluding tert-OH is 1. The fourth-order valence-corrected chi connectivity index (χ4v) is 2.77. The zero-order chi connectivity index (χ0) is 14.9. The Morgan fingerprint density at radius 3 is 2.35 bits per heavy atom. The molecule has 2 aromatic rings. The average Bonchev–Trinajstić information content (AvgIpc) is 2.31. The van der Waals surface area contributed by atoms with E-state index in [1.807, 2.05) is 0 Å². The summed E-state index contributed by atoms with van der Waals surface area (Å²) in [5.41, 5.74) is 12.2. The number of anilines is 2. The number of hydrogen-bond acceptors (Lipinski definition) is 6. The van der Waals surface area contributed by atoms with Crippen molar-refractivity contribution in [3.05, 3.63) is 35.1 Å². The van der Waals surface area contributed by atoms with Gasteiger partial charge in [-0.2, -0.15) is 0 Å². The van der Waals surface area contributed by atoms with Gasteiger partial charge in [0.1, 0.15) is 17.5 Å². The first-order chi connectivity index (χ1) is 9.36. The first-order valence-corrected chi connectivity index (χ1v) is 6.74. The standard InChI is InChI=1S/C13H15FN4OS/c1-6-3-10(8(7(2)19)4-9(6)14)20-13-17-11(15)5-12(16)18-13/h3-5,7,19H,1-2H3,(H4,15,16,17,18)/t7-/m1/s1. The van der Waals surface area contributed by atoms with Crippen molar-refractivity contribution in [1.82, 2.24) is 9.97 Å². The molecule has 1 aromatic heterocycles. The summed E-state index contributed by atoms with van der Waals surface area (Å²) < 4.78 is 13.6. The van der Waals surface area contributed by atoms with Crippen LogP contribution in [-0.4, -0.2) is 15.1 Å². The molecule has 0 aliphatic rings. The molecular formula is C13H15FN4OS. The lowest BCUT2D eigenvalue weighted by atomic mass is 10.1. The van der Waals surface area contributed by atoms with Crippen LogP contribution in [0.1, 0.15) is 24.2 Å². The molecule has 0 unspecified atom stereocenters. The van der Waals surface area contributed by atoms with Crippen LogP contribution in [0.4, 0.5) is 16.0 Å². The second-order valence-corrected chi connectivity index (χ2v) is 5.43. The van der Waals surface area contributed by atoms with Crippen LogP contribution in [0, 0.1) is 12.7 Å². The van der Waals surface area contributed by atoms with Crippen molar-refractivity contribution >= 4 is 23.4 Å². The van der Waals surface area contributed by atoms with Crippen LogP contribution in [0.2, 0.25) is 0 Å². The summed E-state index contributed by atoms with van der Waals surface area (Å²) >= 11 is 1.18. The zero-order valence-corrected chi connectivity index (χ0v) is 11.9. The van der Waals surface area contributed by atoms with Gasteiger partial charge in [0.05, 0.1) is 6.10 Å². The lowest BCUT2D eigenvalue weighted by Gasteiger charge is -2.13. The summed E-state index contributed by atoms with van der Waals surface area (Å²) in [6.45, 7) is 3.22. The van der Waals surface area contributed by atoms with E-state index in [1.54, 1.807) is 19.9 Å². The SMILES string of the molecule is Cc1cc(Sc2nc(N)cc(N)n2)c([C@@H](C)O)cc1F. The predicted octanol–water partition coefficient (Wildman–Crippen LogP) is 2.29. The minimum Gasteiger partial charge on any atom is -0.389 e. The number of aromatic nitrogens is 2. The normalized spacial score (nSPS) is 12.4. The number of rotatable bonds is 3.